The summed E-state index contributed by atoms with van der Waals surface area (Å²) in [5.41, 5.74) is 1.38. The zero-order chi connectivity index (χ0) is 10.7. The molecule has 0 amide bonds. The smallest absolute Gasteiger partial charge is 0.109 e. The summed E-state index contributed by atoms with van der Waals surface area (Å²) in [5.74, 6) is 0. The molecule has 2 unspecified atom stereocenters. The lowest BCUT2D eigenvalue weighted by Gasteiger charge is -2.17. The van der Waals surface area contributed by atoms with Crippen LogP contribution in [-0.2, 0) is 0 Å². The van der Waals surface area contributed by atoms with Crippen molar-refractivity contribution < 1.29 is 15.3 Å². The SMILES string of the molecule is Cc1ccc(Cl)c(C(O)C(O)CO)c1. The Morgan fingerprint density at radius 2 is 2.00 bits per heavy atom. The number of aliphatic hydroxyl groups excluding tert-OH is 3. The Balaban J connectivity index is 2.99. The fourth-order valence-electron chi connectivity index (χ4n) is 1.20. The number of benzene rings is 1. The van der Waals surface area contributed by atoms with Crippen LogP contribution in [0.15, 0.2) is 18.2 Å². The first-order chi connectivity index (χ1) is 6.56. The monoisotopic (exact) mass is 216 g/mol. The first kappa shape index (κ1) is 11.5. The topological polar surface area (TPSA) is 60.7 Å². The van der Waals surface area contributed by atoms with E-state index in [1.165, 1.54) is 0 Å². The van der Waals surface area contributed by atoms with E-state index in [1.54, 1.807) is 12.1 Å². The van der Waals surface area contributed by atoms with E-state index in [9.17, 15) is 10.2 Å². The van der Waals surface area contributed by atoms with Crippen LogP contribution in [0.5, 0.6) is 0 Å². The van der Waals surface area contributed by atoms with E-state index in [4.69, 9.17) is 16.7 Å². The quantitative estimate of drug-likeness (QED) is 0.708. The average molecular weight is 217 g/mol. The van der Waals surface area contributed by atoms with Crippen molar-refractivity contribution in [2.24, 2.45) is 0 Å². The summed E-state index contributed by atoms with van der Waals surface area (Å²) < 4.78 is 0. The predicted molar refractivity (Wildman–Crippen MR) is 54.2 cm³/mol. The van der Waals surface area contributed by atoms with Crippen LogP contribution in [0.4, 0.5) is 0 Å². The van der Waals surface area contributed by atoms with Crippen LogP contribution in [0.3, 0.4) is 0 Å². The van der Waals surface area contributed by atoms with Gasteiger partial charge in [-0.2, -0.15) is 0 Å². The fraction of sp³-hybridized carbons (Fsp3) is 0.400. The zero-order valence-corrected chi connectivity index (χ0v) is 8.57. The standard InChI is InChI=1S/C10H13ClO3/c1-6-2-3-8(11)7(4-6)10(14)9(13)5-12/h2-4,9-10,12-14H,5H2,1H3. The molecule has 0 saturated carbocycles. The van der Waals surface area contributed by atoms with Crippen molar-refractivity contribution in [3.8, 4) is 0 Å². The van der Waals surface area contributed by atoms with Gasteiger partial charge in [-0.25, -0.2) is 0 Å². The summed E-state index contributed by atoms with van der Waals surface area (Å²) >= 11 is 5.84. The van der Waals surface area contributed by atoms with Gasteiger partial charge in [-0.05, 0) is 13.0 Å². The molecule has 4 heteroatoms. The molecule has 0 radical (unpaired) electrons. The molecule has 0 aliphatic carbocycles. The average Bonchev–Trinajstić information content (AvgIpc) is 2.19. The molecule has 1 aromatic rings. The molecule has 14 heavy (non-hydrogen) atoms. The van der Waals surface area contributed by atoms with Gasteiger partial charge in [0.15, 0.2) is 0 Å². The summed E-state index contributed by atoms with van der Waals surface area (Å²) in [6.07, 6.45) is -2.35. The normalized spacial score (nSPS) is 15.2. The molecule has 0 saturated heterocycles. The predicted octanol–water partition coefficient (Wildman–Crippen LogP) is 1.04. The van der Waals surface area contributed by atoms with Crippen molar-refractivity contribution in [1.82, 2.24) is 0 Å². The minimum Gasteiger partial charge on any atom is -0.394 e. The zero-order valence-electron chi connectivity index (χ0n) is 7.81. The first-order valence-electron chi connectivity index (χ1n) is 4.29. The van der Waals surface area contributed by atoms with Gasteiger partial charge in [0, 0.05) is 10.6 Å². The molecular weight excluding hydrogens is 204 g/mol. The summed E-state index contributed by atoms with van der Waals surface area (Å²) in [5, 5.41) is 27.9. The second kappa shape index (κ2) is 4.75. The van der Waals surface area contributed by atoms with Crippen LogP contribution in [0.2, 0.25) is 5.02 Å². The van der Waals surface area contributed by atoms with E-state index >= 15 is 0 Å². The minimum absolute atomic E-state index is 0.385. The van der Waals surface area contributed by atoms with Gasteiger partial charge >= 0.3 is 0 Å². The highest BCUT2D eigenvalue weighted by Crippen LogP contribution is 2.26. The Morgan fingerprint density at radius 3 is 2.57 bits per heavy atom. The summed E-state index contributed by atoms with van der Waals surface area (Å²) in [7, 11) is 0. The Kier molecular flexibility index (Phi) is 3.89. The number of halogens is 1. The third-order valence-corrected chi connectivity index (χ3v) is 2.37. The molecular formula is C10H13ClO3. The second-order valence-electron chi connectivity index (χ2n) is 3.22. The first-order valence-corrected chi connectivity index (χ1v) is 4.67. The molecule has 3 nitrogen and oxygen atoms in total. The van der Waals surface area contributed by atoms with Crippen molar-refractivity contribution >= 4 is 11.6 Å². The van der Waals surface area contributed by atoms with Gasteiger partial charge in [0.2, 0.25) is 0 Å². The molecule has 3 N–H and O–H groups in total. The van der Waals surface area contributed by atoms with Crippen LogP contribution >= 0.6 is 11.6 Å². The van der Waals surface area contributed by atoms with Gasteiger partial charge in [0.05, 0.1) is 6.61 Å². The minimum atomic E-state index is -1.20. The van der Waals surface area contributed by atoms with Crippen molar-refractivity contribution in [3.05, 3.63) is 34.3 Å². The van der Waals surface area contributed by atoms with Crippen molar-refractivity contribution in [1.29, 1.82) is 0 Å². The highest BCUT2D eigenvalue weighted by atomic mass is 35.5. The number of aliphatic hydroxyl groups is 3. The lowest BCUT2D eigenvalue weighted by atomic mass is 10.0. The van der Waals surface area contributed by atoms with Crippen LogP contribution in [0, 0.1) is 6.92 Å². The number of hydrogen-bond acceptors (Lipinski definition) is 3. The van der Waals surface area contributed by atoms with E-state index in [0.717, 1.165) is 5.56 Å². The van der Waals surface area contributed by atoms with Crippen molar-refractivity contribution in [2.45, 2.75) is 19.1 Å². The van der Waals surface area contributed by atoms with E-state index < -0.39 is 18.8 Å². The number of hydrogen-bond donors (Lipinski definition) is 3. The van der Waals surface area contributed by atoms with Crippen LogP contribution in [0.25, 0.3) is 0 Å². The largest absolute Gasteiger partial charge is 0.394 e. The van der Waals surface area contributed by atoms with Crippen LogP contribution < -0.4 is 0 Å². The summed E-state index contributed by atoms with van der Waals surface area (Å²) in [6, 6.07) is 5.15. The molecule has 78 valence electrons. The van der Waals surface area contributed by atoms with Gasteiger partial charge in [-0.15, -0.1) is 0 Å². The van der Waals surface area contributed by atoms with E-state index in [-0.39, 0.29) is 0 Å². The molecule has 0 fully saturated rings. The molecule has 0 bridgehead atoms. The Labute approximate surface area is 87.6 Å². The highest BCUT2D eigenvalue weighted by Gasteiger charge is 2.19. The lowest BCUT2D eigenvalue weighted by Crippen LogP contribution is -2.22. The third-order valence-electron chi connectivity index (χ3n) is 2.02. The molecule has 0 aliphatic rings. The van der Waals surface area contributed by atoms with E-state index in [0.29, 0.717) is 10.6 Å². The third kappa shape index (κ3) is 2.45. The van der Waals surface area contributed by atoms with Crippen LogP contribution in [0.1, 0.15) is 17.2 Å². The molecule has 0 heterocycles. The van der Waals surface area contributed by atoms with Crippen molar-refractivity contribution in [3.63, 3.8) is 0 Å². The van der Waals surface area contributed by atoms with Gasteiger partial charge in [-0.1, -0.05) is 29.3 Å². The number of aryl methyl sites for hydroxylation is 1. The van der Waals surface area contributed by atoms with Gasteiger partial charge in [0.1, 0.15) is 12.2 Å². The maximum Gasteiger partial charge on any atom is 0.109 e. The van der Waals surface area contributed by atoms with Gasteiger partial charge < -0.3 is 15.3 Å². The fourth-order valence-corrected chi connectivity index (χ4v) is 1.43. The molecule has 1 aromatic carbocycles. The molecule has 0 aliphatic heterocycles. The summed E-state index contributed by atoms with van der Waals surface area (Å²) in [4.78, 5) is 0. The van der Waals surface area contributed by atoms with E-state index in [2.05, 4.69) is 0 Å². The maximum absolute atomic E-state index is 9.60. The number of rotatable bonds is 3. The Bertz CT molecular complexity index is 314. The van der Waals surface area contributed by atoms with Gasteiger partial charge in [-0.3, -0.25) is 0 Å². The molecule has 0 aromatic heterocycles. The van der Waals surface area contributed by atoms with Gasteiger partial charge in [0.25, 0.3) is 0 Å². The van der Waals surface area contributed by atoms with Crippen molar-refractivity contribution in [2.75, 3.05) is 6.61 Å². The molecule has 0 spiro atoms. The second-order valence-corrected chi connectivity index (χ2v) is 3.63. The lowest BCUT2D eigenvalue weighted by molar-refractivity contribution is -0.0152. The maximum atomic E-state index is 9.60. The highest BCUT2D eigenvalue weighted by molar-refractivity contribution is 6.31. The summed E-state index contributed by atoms with van der Waals surface area (Å²) in [6.45, 7) is 1.36. The Morgan fingerprint density at radius 1 is 1.36 bits per heavy atom. The van der Waals surface area contributed by atoms with Crippen LogP contribution in [-0.4, -0.2) is 28.0 Å². The Hall–Kier alpha value is -0.610. The molecule has 1 rings (SSSR count). The van der Waals surface area contributed by atoms with E-state index in [1.807, 2.05) is 13.0 Å². The molecule has 2 atom stereocenters.